The summed E-state index contributed by atoms with van der Waals surface area (Å²) in [4.78, 5) is 13.3. The maximum atomic E-state index is 4.62. The Kier molecular flexibility index (Phi) is 4.05. The highest BCUT2D eigenvalue weighted by atomic mass is 15.0. The van der Waals surface area contributed by atoms with Crippen molar-refractivity contribution >= 4 is 16.7 Å². The van der Waals surface area contributed by atoms with E-state index in [0.717, 1.165) is 36.4 Å². The number of hydrogen-bond acceptors (Lipinski definition) is 4. The highest BCUT2D eigenvalue weighted by molar-refractivity contribution is 5.82. The Balaban J connectivity index is 1.88. The van der Waals surface area contributed by atoms with E-state index in [1.54, 1.807) is 6.20 Å². The van der Waals surface area contributed by atoms with E-state index in [9.17, 15) is 0 Å². The lowest BCUT2D eigenvalue weighted by molar-refractivity contribution is 0.950. The van der Waals surface area contributed by atoms with Gasteiger partial charge < -0.3 is 5.32 Å². The molecule has 3 rings (SSSR count). The molecular formula is C17H18N4. The molecule has 0 bridgehead atoms. The van der Waals surface area contributed by atoms with E-state index < -0.39 is 0 Å². The fraction of sp³-hybridized carbons (Fsp3) is 0.235. The van der Waals surface area contributed by atoms with Gasteiger partial charge in [0.1, 0.15) is 5.82 Å². The van der Waals surface area contributed by atoms with Gasteiger partial charge in [0.25, 0.3) is 0 Å². The van der Waals surface area contributed by atoms with E-state index in [4.69, 9.17) is 0 Å². The Morgan fingerprint density at radius 3 is 2.90 bits per heavy atom. The van der Waals surface area contributed by atoms with Crippen LogP contribution in [0.2, 0.25) is 0 Å². The Bertz CT molecular complexity index is 734. The first kappa shape index (κ1) is 13.5. The molecule has 0 aliphatic carbocycles. The van der Waals surface area contributed by atoms with Gasteiger partial charge in [-0.15, -0.1) is 0 Å². The first-order chi connectivity index (χ1) is 10.4. The molecule has 0 saturated carbocycles. The molecule has 106 valence electrons. The van der Waals surface area contributed by atoms with Crippen LogP contribution in [0.15, 0.2) is 48.9 Å². The quantitative estimate of drug-likeness (QED) is 0.776. The molecule has 4 heteroatoms. The first-order valence-electron chi connectivity index (χ1n) is 7.24. The molecule has 2 heterocycles. The van der Waals surface area contributed by atoms with Gasteiger partial charge in [-0.05, 0) is 24.1 Å². The summed E-state index contributed by atoms with van der Waals surface area (Å²) >= 11 is 0. The van der Waals surface area contributed by atoms with Gasteiger partial charge >= 0.3 is 0 Å². The molecule has 0 aliphatic heterocycles. The van der Waals surface area contributed by atoms with Crippen LogP contribution in [0.3, 0.4) is 0 Å². The van der Waals surface area contributed by atoms with Crippen molar-refractivity contribution in [2.24, 2.45) is 0 Å². The van der Waals surface area contributed by atoms with E-state index in [2.05, 4.69) is 39.3 Å². The van der Waals surface area contributed by atoms with Crippen LogP contribution < -0.4 is 5.32 Å². The topological polar surface area (TPSA) is 50.7 Å². The summed E-state index contributed by atoms with van der Waals surface area (Å²) in [5.74, 6) is 0.840. The molecule has 1 aromatic carbocycles. The van der Waals surface area contributed by atoms with Crippen molar-refractivity contribution in [3.8, 4) is 0 Å². The van der Waals surface area contributed by atoms with Gasteiger partial charge in [-0.25, -0.2) is 4.98 Å². The maximum absolute atomic E-state index is 4.62. The number of aromatic nitrogens is 3. The second-order valence-electron chi connectivity index (χ2n) is 4.99. The summed E-state index contributed by atoms with van der Waals surface area (Å²) in [6, 6.07) is 10.2. The van der Waals surface area contributed by atoms with Crippen LogP contribution in [-0.4, -0.2) is 21.5 Å². The lowest BCUT2D eigenvalue weighted by Crippen LogP contribution is -2.04. The zero-order valence-corrected chi connectivity index (χ0v) is 12.1. The number of rotatable bonds is 5. The van der Waals surface area contributed by atoms with Gasteiger partial charge in [0, 0.05) is 30.7 Å². The van der Waals surface area contributed by atoms with Crippen molar-refractivity contribution in [2.75, 3.05) is 11.9 Å². The maximum Gasteiger partial charge on any atom is 0.144 e. The second kappa shape index (κ2) is 6.31. The monoisotopic (exact) mass is 278 g/mol. The molecule has 0 spiro atoms. The van der Waals surface area contributed by atoms with Crippen LogP contribution in [0.25, 0.3) is 10.9 Å². The molecule has 4 nitrogen and oxygen atoms in total. The largest absolute Gasteiger partial charge is 0.369 e. The number of hydrogen-bond donors (Lipinski definition) is 1. The molecule has 0 amide bonds. The molecule has 1 N–H and O–H groups in total. The standard InChI is InChI=1S/C17H18N4/c1-2-8-20-17-12-18-11-14(21-17)10-13-7-9-19-16-6-4-3-5-15(13)16/h3-7,9,11-12H,2,8,10H2,1H3,(H,20,21). The minimum atomic E-state index is 0.762. The number of nitrogens with zero attached hydrogens (tertiary/aromatic N) is 3. The third-order valence-electron chi connectivity index (χ3n) is 3.35. The van der Waals surface area contributed by atoms with E-state index in [-0.39, 0.29) is 0 Å². The van der Waals surface area contributed by atoms with Gasteiger partial charge in [0.05, 0.1) is 17.4 Å². The smallest absolute Gasteiger partial charge is 0.144 e. The third-order valence-corrected chi connectivity index (χ3v) is 3.35. The van der Waals surface area contributed by atoms with E-state index in [0.29, 0.717) is 0 Å². The SMILES string of the molecule is CCCNc1cncc(Cc2ccnc3ccccc23)n1. The predicted molar refractivity (Wildman–Crippen MR) is 85.4 cm³/mol. The Labute approximate surface area is 124 Å². The van der Waals surface area contributed by atoms with Crippen molar-refractivity contribution < 1.29 is 0 Å². The number of para-hydroxylation sites is 1. The van der Waals surface area contributed by atoms with E-state index in [1.165, 1.54) is 10.9 Å². The van der Waals surface area contributed by atoms with Gasteiger partial charge in [-0.3, -0.25) is 9.97 Å². The summed E-state index contributed by atoms with van der Waals surface area (Å²) in [7, 11) is 0. The summed E-state index contributed by atoms with van der Waals surface area (Å²) in [5, 5.41) is 4.45. The Morgan fingerprint density at radius 1 is 1.10 bits per heavy atom. The van der Waals surface area contributed by atoms with Crippen LogP contribution in [0.1, 0.15) is 24.6 Å². The van der Waals surface area contributed by atoms with E-state index in [1.807, 2.05) is 30.6 Å². The summed E-state index contributed by atoms with van der Waals surface area (Å²) in [6.07, 6.45) is 7.28. The number of pyridine rings is 1. The van der Waals surface area contributed by atoms with Gasteiger partial charge in [0.15, 0.2) is 0 Å². The second-order valence-corrected chi connectivity index (χ2v) is 4.99. The van der Waals surface area contributed by atoms with E-state index >= 15 is 0 Å². The Morgan fingerprint density at radius 2 is 2.00 bits per heavy atom. The van der Waals surface area contributed by atoms with Crippen molar-refractivity contribution in [3.63, 3.8) is 0 Å². The lowest BCUT2D eigenvalue weighted by atomic mass is 10.1. The molecule has 0 radical (unpaired) electrons. The minimum absolute atomic E-state index is 0.762. The fourth-order valence-electron chi connectivity index (χ4n) is 2.33. The zero-order valence-electron chi connectivity index (χ0n) is 12.1. The average Bonchev–Trinajstić information content (AvgIpc) is 2.54. The van der Waals surface area contributed by atoms with Crippen LogP contribution in [0.5, 0.6) is 0 Å². The van der Waals surface area contributed by atoms with Crippen LogP contribution in [0, 0.1) is 0 Å². The van der Waals surface area contributed by atoms with Crippen molar-refractivity contribution in [1.82, 2.24) is 15.0 Å². The first-order valence-corrected chi connectivity index (χ1v) is 7.24. The number of anilines is 1. The third kappa shape index (κ3) is 3.16. The van der Waals surface area contributed by atoms with Gasteiger partial charge in [-0.1, -0.05) is 25.1 Å². The molecule has 0 fully saturated rings. The van der Waals surface area contributed by atoms with Gasteiger partial charge in [-0.2, -0.15) is 0 Å². The highest BCUT2D eigenvalue weighted by Gasteiger charge is 2.05. The molecule has 0 atom stereocenters. The summed E-state index contributed by atoms with van der Waals surface area (Å²) in [6.45, 7) is 3.05. The molecule has 0 saturated heterocycles. The lowest BCUT2D eigenvalue weighted by Gasteiger charge is -2.07. The van der Waals surface area contributed by atoms with Crippen LogP contribution in [0.4, 0.5) is 5.82 Å². The number of fused-ring (bicyclic) bond motifs is 1. The van der Waals surface area contributed by atoms with Gasteiger partial charge in [0.2, 0.25) is 0 Å². The molecular weight excluding hydrogens is 260 g/mol. The van der Waals surface area contributed by atoms with Crippen molar-refractivity contribution in [2.45, 2.75) is 19.8 Å². The average molecular weight is 278 g/mol. The van der Waals surface area contributed by atoms with Crippen molar-refractivity contribution in [1.29, 1.82) is 0 Å². The van der Waals surface area contributed by atoms with Crippen LogP contribution >= 0.6 is 0 Å². The Hall–Kier alpha value is -2.49. The molecule has 21 heavy (non-hydrogen) atoms. The van der Waals surface area contributed by atoms with Crippen LogP contribution in [-0.2, 0) is 6.42 Å². The normalized spacial score (nSPS) is 10.7. The number of nitrogens with one attached hydrogen (secondary N) is 1. The fourth-order valence-corrected chi connectivity index (χ4v) is 2.33. The summed E-state index contributed by atoms with van der Waals surface area (Å²) in [5.41, 5.74) is 3.21. The summed E-state index contributed by atoms with van der Waals surface area (Å²) < 4.78 is 0. The predicted octanol–water partition coefficient (Wildman–Crippen LogP) is 3.44. The molecule has 2 aromatic heterocycles. The molecule has 0 aliphatic rings. The zero-order chi connectivity index (χ0) is 14.5. The minimum Gasteiger partial charge on any atom is -0.369 e. The molecule has 0 unspecified atom stereocenters. The highest BCUT2D eigenvalue weighted by Crippen LogP contribution is 2.19. The molecule has 3 aromatic rings. The number of benzene rings is 1. The van der Waals surface area contributed by atoms with Crippen molar-refractivity contribution in [3.05, 3.63) is 60.2 Å².